The maximum Gasteiger partial charge on any atom is 0.227 e. The van der Waals surface area contributed by atoms with Gasteiger partial charge in [0.25, 0.3) is 0 Å². The number of nitrogens with zero attached hydrogens (tertiary/aromatic N) is 2. The Hall–Kier alpha value is -1.32. The molecule has 0 atom stereocenters. The molecule has 0 radical (unpaired) electrons. The van der Waals surface area contributed by atoms with Crippen molar-refractivity contribution in [1.82, 2.24) is 10.2 Å². The lowest BCUT2D eigenvalue weighted by molar-refractivity contribution is -0.118. The Morgan fingerprint density at radius 2 is 2.13 bits per heavy atom. The van der Waals surface area contributed by atoms with Gasteiger partial charge in [-0.2, -0.15) is 5.10 Å². The van der Waals surface area contributed by atoms with Crippen LogP contribution in [-0.4, -0.2) is 23.2 Å². The maximum atomic E-state index is 11.7. The topological polar surface area (TPSA) is 49.0 Å². The zero-order valence-electron chi connectivity index (χ0n) is 9.92. The van der Waals surface area contributed by atoms with E-state index in [1.54, 1.807) is 11.9 Å². The summed E-state index contributed by atoms with van der Waals surface area (Å²) in [4.78, 5) is 13.4. The molecule has 0 fully saturated rings. The zero-order valence-corrected chi connectivity index (χ0v) is 9.92. The number of aromatic nitrogens is 2. The van der Waals surface area contributed by atoms with Crippen LogP contribution in [0, 0.1) is 13.8 Å². The molecule has 4 nitrogen and oxygen atoms in total. The Bertz CT molecular complexity index is 344. The Kier molecular flexibility index (Phi) is 3.88. The van der Waals surface area contributed by atoms with Crippen molar-refractivity contribution in [2.45, 2.75) is 40.0 Å². The van der Waals surface area contributed by atoms with E-state index in [2.05, 4.69) is 17.1 Å². The van der Waals surface area contributed by atoms with Gasteiger partial charge in [0.15, 0.2) is 5.82 Å². The van der Waals surface area contributed by atoms with Gasteiger partial charge in [-0.1, -0.05) is 13.3 Å². The van der Waals surface area contributed by atoms with Crippen molar-refractivity contribution in [3.05, 3.63) is 11.3 Å². The van der Waals surface area contributed by atoms with Gasteiger partial charge in [-0.15, -0.1) is 0 Å². The minimum Gasteiger partial charge on any atom is -0.298 e. The Labute approximate surface area is 90.7 Å². The molecule has 0 saturated heterocycles. The van der Waals surface area contributed by atoms with Crippen LogP contribution in [0.3, 0.4) is 0 Å². The number of nitrogens with one attached hydrogen (secondary N) is 1. The summed E-state index contributed by atoms with van der Waals surface area (Å²) in [6.07, 6.45) is 2.57. The molecule has 1 amide bonds. The number of hydrogen-bond donors (Lipinski definition) is 1. The van der Waals surface area contributed by atoms with Gasteiger partial charge in [-0.25, -0.2) is 0 Å². The van der Waals surface area contributed by atoms with Gasteiger partial charge in [0, 0.05) is 24.7 Å². The molecule has 4 heteroatoms. The Morgan fingerprint density at radius 3 is 2.60 bits per heavy atom. The third kappa shape index (κ3) is 2.58. The SMILES string of the molecule is CCCCC(=O)N(C)c1n[nH]c(C)c1C. The van der Waals surface area contributed by atoms with Crippen molar-refractivity contribution in [1.29, 1.82) is 0 Å². The quantitative estimate of drug-likeness (QED) is 0.826. The van der Waals surface area contributed by atoms with Crippen molar-refractivity contribution in [2.75, 3.05) is 11.9 Å². The van der Waals surface area contributed by atoms with Gasteiger partial charge in [0.2, 0.25) is 5.91 Å². The van der Waals surface area contributed by atoms with Crippen molar-refractivity contribution in [3.8, 4) is 0 Å². The van der Waals surface area contributed by atoms with Gasteiger partial charge < -0.3 is 0 Å². The molecule has 1 aromatic rings. The summed E-state index contributed by atoms with van der Waals surface area (Å²) in [5, 5.41) is 7.01. The first-order valence-electron chi connectivity index (χ1n) is 5.36. The number of carbonyl (C=O) groups is 1. The lowest BCUT2D eigenvalue weighted by atomic mass is 10.2. The highest BCUT2D eigenvalue weighted by molar-refractivity contribution is 5.92. The fourth-order valence-corrected chi connectivity index (χ4v) is 1.41. The van der Waals surface area contributed by atoms with Crippen LogP contribution in [0.25, 0.3) is 0 Å². The number of unbranched alkanes of at least 4 members (excludes halogenated alkanes) is 1. The highest BCUT2D eigenvalue weighted by Crippen LogP contribution is 2.18. The van der Waals surface area contributed by atoms with Crippen molar-refractivity contribution in [2.24, 2.45) is 0 Å². The van der Waals surface area contributed by atoms with E-state index in [0.29, 0.717) is 6.42 Å². The number of aromatic amines is 1. The smallest absolute Gasteiger partial charge is 0.227 e. The van der Waals surface area contributed by atoms with Gasteiger partial charge in [-0.05, 0) is 20.3 Å². The normalized spacial score (nSPS) is 10.4. The molecule has 1 rings (SSSR count). The van der Waals surface area contributed by atoms with E-state index in [4.69, 9.17) is 0 Å². The number of H-pyrrole nitrogens is 1. The minimum atomic E-state index is 0.131. The predicted octanol–water partition coefficient (Wildman–Crippen LogP) is 2.18. The summed E-state index contributed by atoms with van der Waals surface area (Å²) in [6.45, 7) is 6.01. The highest BCUT2D eigenvalue weighted by Gasteiger charge is 2.15. The van der Waals surface area contributed by atoms with Crippen LogP contribution in [-0.2, 0) is 4.79 Å². The van der Waals surface area contributed by atoms with Gasteiger partial charge >= 0.3 is 0 Å². The monoisotopic (exact) mass is 209 g/mol. The Morgan fingerprint density at radius 1 is 1.47 bits per heavy atom. The third-order valence-corrected chi connectivity index (χ3v) is 2.66. The summed E-state index contributed by atoms with van der Waals surface area (Å²) in [5.74, 6) is 0.875. The van der Waals surface area contributed by atoms with E-state index in [1.165, 1.54) is 0 Å². The van der Waals surface area contributed by atoms with Crippen LogP contribution in [0.2, 0.25) is 0 Å². The molecule has 84 valence electrons. The van der Waals surface area contributed by atoms with E-state index in [1.807, 2.05) is 13.8 Å². The first-order chi connectivity index (χ1) is 7.07. The van der Waals surface area contributed by atoms with Crippen molar-refractivity contribution in [3.63, 3.8) is 0 Å². The first kappa shape index (κ1) is 11.8. The largest absolute Gasteiger partial charge is 0.298 e. The standard InChI is InChI=1S/C11H19N3O/c1-5-6-7-10(15)14(4)11-8(2)9(3)12-13-11/h5-7H2,1-4H3,(H,12,13). The van der Waals surface area contributed by atoms with Crippen LogP contribution in [0.15, 0.2) is 0 Å². The molecule has 0 saturated carbocycles. The van der Waals surface area contributed by atoms with Gasteiger partial charge in [0.05, 0.1) is 0 Å². The van der Waals surface area contributed by atoms with E-state index in [0.717, 1.165) is 29.9 Å². The summed E-state index contributed by atoms with van der Waals surface area (Å²) < 4.78 is 0. The molecule has 1 heterocycles. The summed E-state index contributed by atoms with van der Waals surface area (Å²) in [7, 11) is 1.78. The van der Waals surface area contributed by atoms with E-state index < -0.39 is 0 Å². The fraction of sp³-hybridized carbons (Fsp3) is 0.636. The van der Waals surface area contributed by atoms with Gasteiger partial charge in [-0.3, -0.25) is 14.8 Å². The minimum absolute atomic E-state index is 0.131. The number of hydrogen-bond acceptors (Lipinski definition) is 2. The second kappa shape index (κ2) is 4.96. The molecule has 0 aliphatic carbocycles. The molecule has 1 N–H and O–H groups in total. The summed E-state index contributed by atoms with van der Waals surface area (Å²) >= 11 is 0. The van der Waals surface area contributed by atoms with Crippen LogP contribution < -0.4 is 4.90 Å². The van der Waals surface area contributed by atoms with Crippen LogP contribution in [0.1, 0.15) is 37.4 Å². The number of anilines is 1. The number of carbonyl (C=O) groups excluding carboxylic acids is 1. The van der Waals surface area contributed by atoms with Crippen molar-refractivity contribution >= 4 is 11.7 Å². The second-order valence-corrected chi connectivity index (χ2v) is 3.85. The van der Waals surface area contributed by atoms with Crippen LogP contribution >= 0.6 is 0 Å². The molecular formula is C11H19N3O. The number of amides is 1. The summed E-state index contributed by atoms with van der Waals surface area (Å²) in [6, 6.07) is 0. The lowest BCUT2D eigenvalue weighted by Gasteiger charge is -2.14. The Balaban J connectivity index is 2.71. The molecule has 0 aromatic carbocycles. The molecule has 0 spiro atoms. The highest BCUT2D eigenvalue weighted by atomic mass is 16.2. The van der Waals surface area contributed by atoms with Crippen molar-refractivity contribution < 1.29 is 4.79 Å². The van der Waals surface area contributed by atoms with E-state index >= 15 is 0 Å². The number of aryl methyl sites for hydroxylation is 1. The molecule has 15 heavy (non-hydrogen) atoms. The molecule has 1 aromatic heterocycles. The van der Waals surface area contributed by atoms with Gasteiger partial charge in [0.1, 0.15) is 0 Å². The lowest BCUT2D eigenvalue weighted by Crippen LogP contribution is -2.26. The average molecular weight is 209 g/mol. The van der Waals surface area contributed by atoms with E-state index in [9.17, 15) is 4.79 Å². The summed E-state index contributed by atoms with van der Waals surface area (Å²) in [5.41, 5.74) is 2.06. The second-order valence-electron chi connectivity index (χ2n) is 3.85. The molecule has 0 bridgehead atoms. The van der Waals surface area contributed by atoms with Crippen LogP contribution in [0.4, 0.5) is 5.82 Å². The van der Waals surface area contributed by atoms with E-state index in [-0.39, 0.29) is 5.91 Å². The first-order valence-corrected chi connectivity index (χ1v) is 5.36. The van der Waals surface area contributed by atoms with Crippen LogP contribution in [0.5, 0.6) is 0 Å². The molecule has 0 aliphatic heterocycles. The fourth-order valence-electron chi connectivity index (χ4n) is 1.41. The average Bonchev–Trinajstić information content (AvgIpc) is 2.55. The zero-order chi connectivity index (χ0) is 11.4. The number of rotatable bonds is 4. The molecule has 0 unspecified atom stereocenters. The molecular weight excluding hydrogens is 190 g/mol. The molecule has 0 aliphatic rings. The third-order valence-electron chi connectivity index (χ3n) is 2.66. The maximum absolute atomic E-state index is 11.7. The predicted molar refractivity (Wildman–Crippen MR) is 61.0 cm³/mol.